The highest BCUT2D eigenvalue weighted by atomic mass is 16.6. The lowest BCUT2D eigenvalue weighted by molar-refractivity contribution is 0.0290. The molecule has 0 aromatic heterocycles. The summed E-state index contributed by atoms with van der Waals surface area (Å²) in [5, 5.41) is 14.3. The number of hydrogen-bond acceptors (Lipinski definition) is 3. The number of hydrogen-bond donors (Lipinski definition) is 3. The Morgan fingerprint density at radius 2 is 1.72 bits per heavy atom. The largest absolute Gasteiger partial charge is 0.465 e. The van der Waals surface area contributed by atoms with Crippen molar-refractivity contribution >= 4 is 12.2 Å². The number of nitrogens with one attached hydrogen (secondary N) is 2. The highest BCUT2D eigenvalue weighted by molar-refractivity contribution is 5.69. The Morgan fingerprint density at radius 3 is 2.32 bits per heavy atom. The van der Waals surface area contributed by atoms with Gasteiger partial charge in [-0.1, -0.05) is 43.2 Å². The minimum absolute atomic E-state index is 0.220. The monoisotopic (exact) mass is 348 g/mol. The molecule has 1 aromatic rings. The Morgan fingerprint density at radius 1 is 1.12 bits per heavy atom. The van der Waals surface area contributed by atoms with Gasteiger partial charge in [-0.3, -0.25) is 0 Å². The third-order valence-electron chi connectivity index (χ3n) is 4.61. The maximum atomic E-state index is 12.3. The first-order chi connectivity index (χ1) is 11.9. The van der Waals surface area contributed by atoms with Crippen LogP contribution in [0.2, 0.25) is 0 Å². The van der Waals surface area contributed by atoms with Gasteiger partial charge in [0.2, 0.25) is 0 Å². The molecule has 0 unspecified atom stereocenters. The lowest BCUT2D eigenvalue weighted by atomic mass is 9.90. The summed E-state index contributed by atoms with van der Waals surface area (Å²) in [5.74, 6) is 0. The molecule has 25 heavy (non-hydrogen) atoms. The molecule has 3 N–H and O–H groups in total. The average molecular weight is 348 g/mol. The molecule has 1 fully saturated rings. The second-order valence-corrected chi connectivity index (χ2v) is 7.23. The van der Waals surface area contributed by atoms with Gasteiger partial charge in [0, 0.05) is 0 Å². The van der Waals surface area contributed by atoms with Crippen LogP contribution in [0.5, 0.6) is 0 Å². The van der Waals surface area contributed by atoms with Crippen molar-refractivity contribution in [3.05, 3.63) is 35.9 Å². The molecule has 0 bridgehead atoms. The van der Waals surface area contributed by atoms with E-state index in [1.807, 2.05) is 32.0 Å². The standard InChI is InChI=1S/C19H28N2O4/c1-19(2,13-12-14-8-4-3-5-9-14)25-18(24)21-16-11-7-6-10-15(16)20-17(22)23/h3-5,8-9,15-16,20H,6-7,10-13H2,1-2H3,(H,21,24)(H,22,23)/t15-,16-/m1/s1. The molecule has 1 saturated carbocycles. The lowest BCUT2D eigenvalue weighted by Gasteiger charge is -2.33. The number of carbonyl (C=O) groups excluding carboxylic acids is 1. The van der Waals surface area contributed by atoms with E-state index in [4.69, 9.17) is 9.84 Å². The molecule has 0 heterocycles. The van der Waals surface area contributed by atoms with Crippen LogP contribution in [0.15, 0.2) is 30.3 Å². The number of ether oxygens (including phenoxy) is 1. The van der Waals surface area contributed by atoms with Crippen molar-refractivity contribution in [1.82, 2.24) is 10.6 Å². The quantitative estimate of drug-likeness (QED) is 0.731. The predicted octanol–water partition coefficient (Wildman–Crippen LogP) is 3.70. The predicted molar refractivity (Wildman–Crippen MR) is 95.7 cm³/mol. The second-order valence-electron chi connectivity index (χ2n) is 7.23. The van der Waals surface area contributed by atoms with Gasteiger partial charge in [0.15, 0.2) is 0 Å². The molecule has 6 nitrogen and oxygen atoms in total. The van der Waals surface area contributed by atoms with Crippen LogP contribution in [0.25, 0.3) is 0 Å². The molecule has 2 amide bonds. The van der Waals surface area contributed by atoms with E-state index in [1.54, 1.807) is 0 Å². The molecule has 6 heteroatoms. The Hall–Kier alpha value is -2.24. The minimum atomic E-state index is -1.06. The van der Waals surface area contributed by atoms with Crippen molar-refractivity contribution < 1.29 is 19.4 Å². The molecule has 138 valence electrons. The van der Waals surface area contributed by atoms with E-state index < -0.39 is 17.8 Å². The zero-order valence-corrected chi connectivity index (χ0v) is 15.0. The third-order valence-corrected chi connectivity index (χ3v) is 4.61. The third kappa shape index (κ3) is 6.64. The number of carboxylic acid groups (broad SMARTS) is 1. The molecular formula is C19H28N2O4. The topological polar surface area (TPSA) is 87.7 Å². The number of rotatable bonds is 6. The fourth-order valence-corrected chi connectivity index (χ4v) is 3.21. The number of alkyl carbamates (subject to hydrolysis) is 1. The fraction of sp³-hybridized carbons (Fsp3) is 0.579. The van der Waals surface area contributed by atoms with E-state index in [1.165, 1.54) is 5.56 Å². The van der Waals surface area contributed by atoms with Gasteiger partial charge >= 0.3 is 12.2 Å². The van der Waals surface area contributed by atoms with Crippen molar-refractivity contribution in [2.24, 2.45) is 0 Å². The molecule has 2 rings (SSSR count). The molecule has 0 radical (unpaired) electrons. The van der Waals surface area contributed by atoms with E-state index in [2.05, 4.69) is 22.8 Å². The highest BCUT2D eigenvalue weighted by Crippen LogP contribution is 2.21. The van der Waals surface area contributed by atoms with Crippen LogP contribution in [0, 0.1) is 0 Å². The van der Waals surface area contributed by atoms with Crippen LogP contribution in [0.4, 0.5) is 9.59 Å². The lowest BCUT2D eigenvalue weighted by Crippen LogP contribution is -2.53. The molecule has 1 aliphatic carbocycles. The summed E-state index contributed by atoms with van der Waals surface area (Å²) >= 11 is 0. The summed E-state index contributed by atoms with van der Waals surface area (Å²) in [7, 11) is 0. The van der Waals surface area contributed by atoms with Gasteiger partial charge in [0.25, 0.3) is 0 Å². The van der Waals surface area contributed by atoms with Gasteiger partial charge in [0.05, 0.1) is 12.1 Å². The smallest absolute Gasteiger partial charge is 0.407 e. The normalized spacial score (nSPS) is 20.6. The van der Waals surface area contributed by atoms with Gasteiger partial charge in [-0.25, -0.2) is 9.59 Å². The SMILES string of the molecule is CC(C)(CCc1ccccc1)OC(=O)N[C@@H]1CCCC[C@H]1NC(=O)O. The van der Waals surface area contributed by atoms with E-state index in [0.717, 1.165) is 32.1 Å². The number of amides is 2. The van der Waals surface area contributed by atoms with Crippen molar-refractivity contribution in [3.63, 3.8) is 0 Å². The summed E-state index contributed by atoms with van der Waals surface area (Å²) in [4.78, 5) is 23.2. The van der Waals surface area contributed by atoms with E-state index in [-0.39, 0.29) is 12.1 Å². The Kier molecular flexibility index (Phi) is 6.67. The van der Waals surface area contributed by atoms with Crippen LogP contribution in [0.3, 0.4) is 0 Å². The zero-order valence-electron chi connectivity index (χ0n) is 15.0. The van der Waals surface area contributed by atoms with Gasteiger partial charge in [-0.05, 0) is 45.1 Å². The van der Waals surface area contributed by atoms with Crippen LogP contribution in [-0.4, -0.2) is 35.0 Å². The Balaban J connectivity index is 1.83. The van der Waals surface area contributed by atoms with Gasteiger partial charge in [-0.15, -0.1) is 0 Å². The number of aryl methyl sites for hydroxylation is 1. The minimum Gasteiger partial charge on any atom is -0.465 e. The Labute approximate surface area is 149 Å². The van der Waals surface area contributed by atoms with Crippen molar-refractivity contribution in [2.45, 2.75) is 70.1 Å². The number of benzene rings is 1. The maximum Gasteiger partial charge on any atom is 0.407 e. The first-order valence-corrected chi connectivity index (χ1v) is 8.89. The van der Waals surface area contributed by atoms with E-state index >= 15 is 0 Å². The molecule has 0 aliphatic heterocycles. The van der Waals surface area contributed by atoms with Crippen LogP contribution in [-0.2, 0) is 11.2 Å². The summed E-state index contributed by atoms with van der Waals surface area (Å²) < 4.78 is 5.59. The molecule has 0 saturated heterocycles. The van der Waals surface area contributed by atoms with E-state index in [0.29, 0.717) is 6.42 Å². The molecule has 2 atom stereocenters. The van der Waals surface area contributed by atoms with Crippen LogP contribution >= 0.6 is 0 Å². The van der Waals surface area contributed by atoms with Crippen LogP contribution < -0.4 is 10.6 Å². The Bertz CT molecular complexity index is 574. The first-order valence-electron chi connectivity index (χ1n) is 8.89. The summed E-state index contributed by atoms with van der Waals surface area (Å²) in [6, 6.07) is 9.60. The number of carbonyl (C=O) groups is 2. The van der Waals surface area contributed by atoms with Crippen molar-refractivity contribution in [2.75, 3.05) is 0 Å². The molecule has 1 aromatic carbocycles. The van der Waals surface area contributed by atoms with Crippen molar-refractivity contribution in [1.29, 1.82) is 0 Å². The highest BCUT2D eigenvalue weighted by Gasteiger charge is 2.30. The molecular weight excluding hydrogens is 320 g/mol. The fourth-order valence-electron chi connectivity index (χ4n) is 3.21. The van der Waals surface area contributed by atoms with Crippen LogP contribution in [0.1, 0.15) is 51.5 Å². The van der Waals surface area contributed by atoms with Crippen molar-refractivity contribution in [3.8, 4) is 0 Å². The summed E-state index contributed by atoms with van der Waals surface area (Å²) in [6.07, 6.45) is 3.41. The van der Waals surface area contributed by atoms with E-state index in [9.17, 15) is 9.59 Å². The second kappa shape index (κ2) is 8.74. The zero-order chi connectivity index (χ0) is 18.3. The molecule has 1 aliphatic rings. The van der Waals surface area contributed by atoms with Gasteiger partial charge in [-0.2, -0.15) is 0 Å². The molecule has 0 spiro atoms. The first kappa shape index (κ1) is 19.1. The average Bonchev–Trinajstić information content (AvgIpc) is 2.55. The van der Waals surface area contributed by atoms with Gasteiger partial charge < -0.3 is 20.5 Å². The maximum absolute atomic E-state index is 12.3. The van der Waals surface area contributed by atoms with Gasteiger partial charge in [0.1, 0.15) is 5.60 Å². The summed E-state index contributed by atoms with van der Waals surface area (Å²) in [6.45, 7) is 3.78. The summed E-state index contributed by atoms with van der Waals surface area (Å²) in [5.41, 5.74) is 0.613.